The molecule has 1 spiro atoms. The number of aromatic amines is 1. The molecule has 2 saturated heterocycles. The highest BCUT2D eigenvalue weighted by molar-refractivity contribution is 5.19. The van der Waals surface area contributed by atoms with Gasteiger partial charge in [0.1, 0.15) is 5.82 Å². The van der Waals surface area contributed by atoms with Crippen molar-refractivity contribution in [2.75, 3.05) is 13.1 Å². The normalized spacial score (nSPS) is 27.4. The first-order valence-corrected chi connectivity index (χ1v) is 8.84. The second kappa shape index (κ2) is 6.67. The molecule has 128 valence electrons. The Balaban J connectivity index is 1.41. The Bertz CT molecular complexity index is 636. The molecule has 0 amide bonds. The van der Waals surface area contributed by atoms with Gasteiger partial charge in [0, 0.05) is 38.3 Å². The molecule has 1 aromatic heterocycles. The summed E-state index contributed by atoms with van der Waals surface area (Å²) in [5.41, 5.74) is 0.992. The van der Waals surface area contributed by atoms with Crippen molar-refractivity contribution in [1.29, 1.82) is 0 Å². The molecule has 5 heteroatoms. The number of rotatable bonds is 3. The van der Waals surface area contributed by atoms with E-state index in [9.17, 15) is 5.11 Å². The first-order chi connectivity index (χ1) is 11.7. The lowest BCUT2D eigenvalue weighted by atomic mass is 9.81. The largest absolute Gasteiger partial charge is 0.393 e. The molecule has 5 nitrogen and oxygen atoms in total. The second-order valence-electron chi connectivity index (χ2n) is 7.11. The summed E-state index contributed by atoms with van der Waals surface area (Å²) in [5.74, 6) is 1.01. The molecule has 2 aliphatic rings. The molecule has 4 rings (SSSR count). The number of benzene rings is 1. The minimum atomic E-state index is -0.277. The van der Waals surface area contributed by atoms with Gasteiger partial charge in [0.05, 0.1) is 24.4 Å². The van der Waals surface area contributed by atoms with Crippen LogP contribution in [0.1, 0.15) is 43.2 Å². The quantitative estimate of drug-likeness (QED) is 0.910. The van der Waals surface area contributed by atoms with Crippen LogP contribution in [0.4, 0.5) is 0 Å². The lowest BCUT2D eigenvalue weighted by molar-refractivity contribution is -0.184. The molecule has 0 unspecified atom stereocenters. The van der Waals surface area contributed by atoms with Gasteiger partial charge in [-0.3, -0.25) is 4.90 Å². The summed E-state index contributed by atoms with van der Waals surface area (Å²) in [4.78, 5) is 9.89. The molecule has 0 saturated carbocycles. The number of likely N-dealkylation sites (tertiary alicyclic amines) is 1. The fourth-order valence-corrected chi connectivity index (χ4v) is 4.07. The molecule has 2 N–H and O–H groups in total. The van der Waals surface area contributed by atoms with Crippen LogP contribution in [-0.4, -0.2) is 44.8 Å². The first kappa shape index (κ1) is 15.8. The van der Waals surface area contributed by atoms with Gasteiger partial charge in [0.25, 0.3) is 0 Å². The summed E-state index contributed by atoms with van der Waals surface area (Å²) in [6.07, 6.45) is 6.78. The molecule has 0 bridgehead atoms. The number of nitrogens with zero attached hydrogens (tertiary/aromatic N) is 2. The zero-order chi connectivity index (χ0) is 16.4. The monoisotopic (exact) mass is 327 g/mol. The van der Waals surface area contributed by atoms with Gasteiger partial charge >= 0.3 is 0 Å². The third-order valence-electron chi connectivity index (χ3n) is 5.35. The number of aliphatic hydroxyl groups is 1. The summed E-state index contributed by atoms with van der Waals surface area (Å²) in [7, 11) is 0. The molecule has 2 aliphatic heterocycles. The molecular formula is C19H25N3O2. The van der Waals surface area contributed by atoms with Crippen molar-refractivity contribution < 1.29 is 9.84 Å². The zero-order valence-corrected chi connectivity index (χ0v) is 13.9. The maximum absolute atomic E-state index is 10.4. The van der Waals surface area contributed by atoms with E-state index in [2.05, 4.69) is 27.0 Å². The molecule has 2 fully saturated rings. The number of piperidine rings is 1. The number of nitrogens with one attached hydrogen (secondary N) is 1. The molecule has 24 heavy (non-hydrogen) atoms. The summed E-state index contributed by atoms with van der Waals surface area (Å²) in [6.45, 7) is 2.82. The summed E-state index contributed by atoms with van der Waals surface area (Å²) in [5, 5.41) is 10.4. The van der Waals surface area contributed by atoms with Crippen molar-refractivity contribution in [1.82, 2.24) is 14.9 Å². The number of hydrogen-bond acceptors (Lipinski definition) is 4. The van der Waals surface area contributed by atoms with Crippen LogP contribution in [0.25, 0.3) is 0 Å². The van der Waals surface area contributed by atoms with E-state index in [0.29, 0.717) is 6.42 Å². The average Bonchev–Trinajstić information content (AvgIpc) is 3.10. The summed E-state index contributed by atoms with van der Waals surface area (Å²) >= 11 is 0. The predicted octanol–water partition coefficient (Wildman–Crippen LogP) is 2.66. The van der Waals surface area contributed by atoms with Crippen LogP contribution in [0.5, 0.6) is 0 Å². The third kappa shape index (κ3) is 3.38. The minimum Gasteiger partial charge on any atom is -0.393 e. The molecule has 0 radical (unpaired) electrons. The van der Waals surface area contributed by atoms with Crippen molar-refractivity contribution in [3.05, 3.63) is 54.1 Å². The maximum Gasteiger partial charge on any atom is 0.120 e. The number of H-pyrrole nitrogens is 1. The number of ether oxygens (including phenoxy) is 1. The van der Waals surface area contributed by atoms with Crippen molar-refractivity contribution in [3.8, 4) is 0 Å². The number of aliphatic hydroxyl groups excluding tert-OH is 1. The van der Waals surface area contributed by atoms with Crippen molar-refractivity contribution in [2.24, 2.45) is 0 Å². The van der Waals surface area contributed by atoms with Crippen LogP contribution in [0.15, 0.2) is 42.7 Å². The fraction of sp³-hybridized carbons (Fsp3) is 0.526. The standard InChI is InChI=1S/C19H25N3O2/c23-16-12-17(15-4-2-1-3-5-15)24-19(13-16)6-10-22(11-7-19)14-18-20-8-9-21-18/h1-5,8-9,16-17,23H,6-7,10-14H2,(H,20,21)/t16-,17-/m1/s1. The van der Waals surface area contributed by atoms with Crippen molar-refractivity contribution >= 4 is 0 Å². The van der Waals surface area contributed by atoms with E-state index in [0.717, 1.165) is 44.7 Å². The van der Waals surface area contributed by atoms with Gasteiger partial charge in [-0.1, -0.05) is 30.3 Å². The molecule has 0 aliphatic carbocycles. The summed E-state index contributed by atoms with van der Waals surface area (Å²) in [6, 6.07) is 10.3. The Morgan fingerprint density at radius 2 is 2.04 bits per heavy atom. The molecule has 2 aromatic rings. The van der Waals surface area contributed by atoms with Gasteiger partial charge in [-0.2, -0.15) is 0 Å². The van der Waals surface area contributed by atoms with Gasteiger partial charge in [-0.25, -0.2) is 4.98 Å². The predicted molar refractivity (Wildman–Crippen MR) is 91.3 cm³/mol. The maximum atomic E-state index is 10.4. The van der Waals surface area contributed by atoms with Crippen LogP contribution in [0, 0.1) is 0 Å². The Hall–Kier alpha value is -1.69. The molecular weight excluding hydrogens is 302 g/mol. The van der Waals surface area contributed by atoms with E-state index in [-0.39, 0.29) is 17.8 Å². The van der Waals surface area contributed by atoms with Crippen LogP contribution in [0.3, 0.4) is 0 Å². The molecule has 1 aromatic carbocycles. The van der Waals surface area contributed by atoms with E-state index in [4.69, 9.17) is 4.74 Å². The van der Waals surface area contributed by atoms with Crippen molar-refractivity contribution in [3.63, 3.8) is 0 Å². The second-order valence-corrected chi connectivity index (χ2v) is 7.11. The smallest absolute Gasteiger partial charge is 0.120 e. The number of hydrogen-bond donors (Lipinski definition) is 2. The molecule has 2 atom stereocenters. The van der Waals surface area contributed by atoms with Gasteiger partial charge in [0.2, 0.25) is 0 Å². The van der Waals surface area contributed by atoms with Crippen LogP contribution >= 0.6 is 0 Å². The minimum absolute atomic E-state index is 0.00609. The van der Waals surface area contributed by atoms with E-state index in [1.54, 1.807) is 6.20 Å². The van der Waals surface area contributed by atoms with Crippen LogP contribution in [-0.2, 0) is 11.3 Å². The van der Waals surface area contributed by atoms with Crippen molar-refractivity contribution in [2.45, 2.75) is 50.0 Å². The number of aromatic nitrogens is 2. The van der Waals surface area contributed by atoms with Crippen LogP contribution < -0.4 is 0 Å². The highest BCUT2D eigenvalue weighted by Gasteiger charge is 2.43. The third-order valence-corrected chi connectivity index (χ3v) is 5.35. The Morgan fingerprint density at radius 1 is 1.25 bits per heavy atom. The SMILES string of the molecule is O[C@@H]1C[C@H](c2ccccc2)OC2(CCN(Cc3ncc[nH]3)CC2)C1. The van der Waals surface area contributed by atoms with E-state index < -0.39 is 0 Å². The lowest BCUT2D eigenvalue weighted by Gasteiger charge is -2.48. The first-order valence-electron chi connectivity index (χ1n) is 8.84. The highest BCUT2D eigenvalue weighted by Crippen LogP contribution is 2.42. The van der Waals surface area contributed by atoms with Gasteiger partial charge in [0.15, 0.2) is 0 Å². The topological polar surface area (TPSA) is 61.4 Å². The lowest BCUT2D eigenvalue weighted by Crippen LogP contribution is -2.50. The zero-order valence-electron chi connectivity index (χ0n) is 13.9. The Kier molecular flexibility index (Phi) is 4.39. The van der Waals surface area contributed by atoms with E-state index in [1.807, 2.05) is 24.4 Å². The fourth-order valence-electron chi connectivity index (χ4n) is 4.07. The van der Waals surface area contributed by atoms with Gasteiger partial charge in [-0.15, -0.1) is 0 Å². The van der Waals surface area contributed by atoms with Gasteiger partial charge in [-0.05, 0) is 18.4 Å². The Labute approximate surface area is 142 Å². The number of imidazole rings is 1. The molecule has 3 heterocycles. The van der Waals surface area contributed by atoms with E-state index in [1.165, 1.54) is 5.56 Å². The van der Waals surface area contributed by atoms with E-state index >= 15 is 0 Å². The highest BCUT2D eigenvalue weighted by atomic mass is 16.5. The Morgan fingerprint density at radius 3 is 2.75 bits per heavy atom. The summed E-state index contributed by atoms with van der Waals surface area (Å²) < 4.78 is 6.54. The van der Waals surface area contributed by atoms with Crippen LogP contribution in [0.2, 0.25) is 0 Å². The average molecular weight is 327 g/mol. The van der Waals surface area contributed by atoms with Gasteiger partial charge < -0.3 is 14.8 Å².